The van der Waals surface area contributed by atoms with E-state index in [4.69, 9.17) is 4.74 Å². The molecule has 1 aliphatic heterocycles. The minimum absolute atomic E-state index is 0.0215. The number of amides is 1. The molecule has 25 heavy (non-hydrogen) atoms. The fraction of sp³-hybridized carbons (Fsp3) is 0.353. The average Bonchev–Trinajstić information content (AvgIpc) is 3.42. The van der Waals surface area contributed by atoms with Gasteiger partial charge in [-0.1, -0.05) is 11.3 Å². The Balaban J connectivity index is 1.43. The third-order valence-electron chi connectivity index (χ3n) is 4.19. The Morgan fingerprint density at radius 3 is 3.00 bits per heavy atom. The van der Waals surface area contributed by atoms with Crippen LogP contribution in [-0.4, -0.2) is 27.3 Å². The zero-order valence-corrected chi connectivity index (χ0v) is 15.1. The summed E-state index contributed by atoms with van der Waals surface area (Å²) in [4.78, 5) is 12.5. The third-order valence-corrected chi connectivity index (χ3v) is 5.82. The quantitative estimate of drug-likeness (QED) is 0.711. The van der Waals surface area contributed by atoms with Gasteiger partial charge in [0.05, 0.1) is 12.5 Å². The number of thiophene rings is 1. The molecular formula is C17H18N4O2S2. The number of hydrogen-bond donors (Lipinski definition) is 1. The van der Waals surface area contributed by atoms with Crippen LogP contribution in [0.3, 0.4) is 0 Å². The fourth-order valence-corrected chi connectivity index (χ4v) is 4.50. The van der Waals surface area contributed by atoms with Crippen LogP contribution in [0.25, 0.3) is 0 Å². The molecule has 0 spiro atoms. The molecule has 1 aliphatic rings. The van der Waals surface area contributed by atoms with Gasteiger partial charge in [-0.05, 0) is 47.4 Å². The second-order valence-corrected chi connectivity index (χ2v) is 7.69. The van der Waals surface area contributed by atoms with Crippen LogP contribution < -0.4 is 5.32 Å². The van der Waals surface area contributed by atoms with Crippen LogP contribution >= 0.6 is 22.7 Å². The molecule has 6 nitrogen and oxygen atoms in total. The Morgan fingerprint density at radius 2 is 2.28 bits per heavy atom. The van der Waals surface area contributed by atoms with Crippen LogP contribution in [0, 0.1) is 0 Å². The first-order valence-electron chi connectivity index (χ1n) is 8.19. The number of nitrogens with one attached hydrogen (secondary N) is 1. The maximum Gasteiger partial charge on any atom is 0.228 e. The highest BCUT2D eigenvalue weighted by molar-refractivity contribution is 7.15. The van der Waals surface area contributed by atoms with Gasteiger partial charge in [0.25, 0.3) is 0 Å². The zero-order chi connectivity index (χ0) is 17.1. The van der Waals surface area contributed by atoms with Gasteiger partial charge in [0.2, 0.25) is 11.0 Å². The first kappa shape index (κ1) is 16.4. The van der Waals surface area contributed by atoms with Crippen LogP contribution in [0.4, 0.5) is 5.13 Å². The Morgan fingerprint density at radius 1 is 1.40 bits per heavy atom. The lowest BCUT2D eigenvalue weighted by molar-refractivity contribution is -0.116. The molecule has 0 saturated carbocycles. The van der Waals surface area contributed by atoms with Crippen molar-refractivity contribution in [2.24, 2.45) is 0 Å². The van der Waals surface area contributed by atoms with E-state index in [2.05, 4.69) is 31.5 Å². The summed E-state index contributed by atoms with van der Waals surface area (Å²) < 4.78 is 7.67. The highest BCUT2D eigenvalue weighted by atomic mass is 32.1. The molecule has 3 aromatic heterocycles. The van der Waals surface area contributed by atoms with Crippen molar-refractivity contribution in [1.29, 1.82) is 0 Å². The normalized spacial score (nSPS) is 18.3. The molecule has 1 fully saturated rings. The molecule has 4 heterocycles. The lowest BCUT2D eigenvalue weighted by Gasteiger charge is -2.17. The van der Waals surface area contributed by atoms with Gasteiger partial charge < -0.3 is 14.6 Å². The molecule has 0 aliphatic carbocycles. The summed E-state index contributed by atoms with van der Waals surface area (Å²) in [5.41, 5.74) is 1.13. The lowest BCUT2D eigenvalue weighted by Crippen LogP contribution is -2.19. The molecule has 4 rings (SSSR count). The highest BCUT2D eigenvalue weighted by Gasteiger charge is 2.23. The summed E-state index contributed by atoms with van der Waals surface area (Å²) in [7, 11) is 0. The molecule has 130 valence electrons. The summed E-state index contributed by atoms with van der Waals surface area (Å²) in [6, 6.07) is 5.97. The number of nitrogens with zero attached hydrogens (tertiary/aromatic N) is 3. The van der Waals surface area contributed by atoms with Crippen molar-refractivity contribution in [1.82, 2.24) is 14.8 Å². The molecule has 3 aromatic rings. The molecular weight excluding hydrogens is 356 g/mol. The summed E-state index contributed by atoms with van der Waals surface area (Å²) in [5.74, 6) is -0.0695. The molecule has 0 radical (unpaired) electrons. The highest BCUT2D eigenvalue weighted by Crippen LogP contribution is 2.32. The molecule has 8 heteroatoms. The molecule has 0 aromatic carbocycles. The van der Waals surface area contributed by atoms with E-state index < -0.39 is 0 Å². The second kappa shape index (κ2) is 7.47. The number of rotatable bonds is 6. The van der Waals surface area contributed by atoms with Crippen molar-refractivity contribution in [2.45, 2.75) is 31.4 Å². The minimum Gasteiger partial charge on any atom is -0.371 e. The summed E-state index contributed by atoms with van der Waals surface area (Å²) >= 11 is 3.03. The van der Waals surface area contributed by atoms with Crippen molar-refractivity contribution in [3.63, 3.8) is 0 Å². The smallest absolute Gasteiger partial charge is 0.228 e. The van der Waals surface area contributed by atoms with Crippen LogP contribution in [0.1, 0.15) is 42.0 Å². The Kier molecular flexibility index (Phi) is 4.91. The van der Waals surface area contributed by atoms with Crippen LogP contribution in [-0.2, 0) is 9.53 Å². The largest absolute Gasteiger partial charge is 0.371 e. The average molecular weight is 374 g/mol. The predicted molar refractivity (Wildman–Crippen MR) is 98.0 cm³/mol. The van der Waals surface area contributed by atoms with Crippen molar-refractivity contribution in [2.75, 3.05) is 11.9 Å². The van der Waals surface area contributed by atoms with Gasteiger partial charge in [-0.2, -0.15) is 11.3 Å². The van der Waals surface area contributed by atoms with Crippen LogP contribution in [0.2, 0.25) is 0 Å². The van der Waals surface area contributed by atoms with E-state index >= 15 is 0 Å². The maximum atomic E-state index is 12.5. The van der Waals surface area contributed by atoms with E-state index in [9.17, 15) is 4.79 Å². The molecule has 1 amide bonds. The van der Waals surface area contributed by atoms with Gasteiger partial charge in [0, 0.05) is 19.0 Å². The number of ether oxygens (including phenoxy) is 1. The first-order chi connectivity index (χ1) is 12.3. The van der Waals surface area contributed by atoms with Gasteiger partial charge >= 0.3 is 0 Å². The first-order valence-corrected chi connectivity index (χ1v) is 9.95. The maximum absolute atomic E-state index is 12.5. The number of carbonyl (C=O) groups is 1. The van der Waals surface area contributed by atoms with Crippen molar-refractivity contribution >= 4 is 33.7 Å². The molecule has 1 saturated heterocycles. The van der Waals surface area contributed by atoms with Gasteiger partial charge in [0.15, 0.2) is 0 Å². The van der Waals surface area contributed by atoms with E-state index in [-0.39, 0.29) is 18.1 Å². The van der Waals surface area contributed by atoms with E-state index in [1.807, 2.05) is 29.9 Å². The SMILES string of the molecule is O=C(C[C@H](c1ccsc1)n1cccc1)Nc1nnc([C@@H]2CCCO2)s1. The van der Waals surface area contributed by atoms with Gasteiger partial charge in [-0.3, -0.25) is 4.79 Å². The van der Waals surface area contributed by atoms with Gasteiger partial charge in [0.1, 0.15) is 11.1 Å². The standard InChI is InChI=1S/C17H18N4O2S2/c22-15(18-17-20-19-16(25-17)14-4-3-8-23-14)10-13(12-5-9-24-11-12)21-6-1-2-7-21/h1-2,5-7,9,11,13-14H,3-4,8,10H2,(H,18,20,22)/t13-,14+/m1/s1. The number of anilines is 1. The van der Waals surface area contributed by atoms with Crippen LogP contribution in [0.5, 0.6) is 0 Å². The van der Waals surface area contributed by atoms with Crippen molar-refractivity contribution in [3.05, 3.63) is 51.9 Å². The number of carbonyl (C=O) groups excluding carboxylic acids is 1. The molecule has 0 unspecified atom stereocenters. The second-order valence-electron chi connectivity index (χ2n) is 5.90. The fourth-order valence-electron chi connectivity index (χ4n) is 2.95. The zero-order valence-electron chi connectivity index (χ0n) is 13.5. The van der Waals surface area contributed by atoms with E-state index in [0.29, 0.717) is 11.6 Å². The van der Waals surface area contributed by atoms with E-state index in [1.54, 1.807) is 11.3 Å². The lowest BCUT2D eigenvalue weighted by atomic mass is 10.1. The minimum atomic E-state index is -0.0695. The van der Waals surface area contributed by atoms with E-state index in [1.165, 1.54) is 11.3 Å². The molecule has 1 N–H and O–H groups in total. The van der Waals surface area contributed by atoms with Gasteiger partial charge in [-0.25, -0.2) is 0 Å². The van der Waals surface area contributed by atoms with Crippen molar-refractivity contribution < 1.29 is 9.53 Å². The monoisotopic (exact) mass is 374 g/mol. The third kappa shape index (κ3) is 3.81. The predicted octanol–water partition coefficient (Wildman–Crippen LogP) is 3.87. The Hall–Kier alpha value is -2.03. The molecule has 0 bridgehead atoms. The van der Waals surface area contributed by atoms with Crippen molar-refractivity contribution in [3.8, 4) is 0 Å². The topological polar surface area (TPSA) is 69.0 Å². The number of aromatic nitrogens is 3. The Bertz CT molecular complexity index is 773. The summed E-state index contributed by atoms with van der Waals surface area (Å²) in [5, 5.41) is 16.6. The van der Waals surface area contributed by atoms with Crippen LogP contribution in [0.15, 0.2) is 41.4 Å². The van der Waals surface area contributed by atoms with E-state index in [0.717, 1.165) is 30.0 Å². The number of hydrogen-bond acceptors (Lipinski definition) is 6. The summed E-state index contributed by atoms with van der Waals surface area (Å²) in [6.45, 7) is 0.769. The Labute approximate surface area is 153 Å². The van der Waals surface area contributed by atoms with Gasteiger partial charge in [-0.15, -0.1) is 10.2 Å². The molecule has 2 atom stereocenters. The summed E-state index contributed by atoms with van der Waals surface area (Å²) in [6.07, 6.45) is 6.36.